The van der Waals surface area contributed by atoms with Gasteiger partial charge in [-0.05, 0) is 47.9 Å². The molecule has 0 saturated heterocycles. The van der Waals surface area contributed by atoms with Crippen LogP contribution in [0.1, 0.15) is 28.4 Å². The van der Waals surface area contributed by atoms with Gasteiger partial charge < -0.3 is 14.2 Å². The van der Waals surface area contributed by atoms with Crippen LogP contribution in [-0.2, 0) is 16.0 Å². The maximum atomic E-state index is 12.3. The minimum Gasteiger partial charge on any atom is -0.493 e. The quantitative estimate of drug-likeness (QED) is 0.456. The van der Waals surface area contributed by atoms with Gasteiger partial charge in [-0.15, -0.1) is 0 Å². The Hall–Kier alpha value is -3.08. The molecular weight excluding hydrogens is 320 g/mol. The summed E-state index contributed by atoms with van der Waals surface area (Å²) in [4.78, 5) is 23.4. The van der Waals surface area contributed by atoms with Crippen molar-refractivity contribution in [2.24, 2.45) is 0 Å². The molecule has 0 aromatic heterocycles. The van der Waals surface area contributed by atoms with Crippen molar-refractivity contribution in [1.82, 2.24) is 0 Å². The van der Waals surface area contributed by atoms with Crippen molar-refractivity contribution in [3.63, 3.8) is 0 Å². The number of ether oxygens (including phenoxy) is 3. The fourth-order valence-corrected chi connectivity index (χ4v) is 2.14. The summed E-state index contributed by atoms with van der Waals surface area (Å²) in [6, 6.07) is 12.3. The molecule has 0 fully saturated rings. The number of carbonyl (C=O) groups excluding carboxylic acids is 2. The summed E-state index contributed by atoms with van der Waals surface area (Å²) in [6.07, 6.45) is 3.79. The molecule has 0 radical (unpaired) electrons. The molecule has 0 bridgehead atoms. The maximum Gasteiger partial charge on any atom is 0.343 e. The van der Waals surface area contributed by atoms with Crippen molar-refractivity contribution < 1.29 is 23.8 Å². The second-order valence-electron chi connectivity index (χ2n) is 5.21. The minimum absolute atomic E-state index is 0.308. The fraction of sp³-hybridized carbons (Fsp3) is 0.200. The van der Waals surface area contributed by atoms with Crippen LogP contribution in [0.25, 0.3) is 6.08 Å². The van der Waals surface area contributed by atoms with Gasteiger partial charge in [0, 0.05) is 6.08 Å². The summed E-state index contributed by atoms with van der Waals surface area (Å²) in [5, 5.41) is 0. The van der Waals surface area contributed by atoms with E-state index in [0.717, 1.165) is 12.0 Å². The third-order valence-electron chi connectivity index (χ3n) is 3.60. The minimum atomic E-state index is -0.459. The Morgan fingerprint density at radius 1 is 1.00 bits per heavy atom. The van der Waals surface area contributed by atoms with Crippen LogP contribution >= 0.6 is 0 Å². The van der Waals surface area contributed by atoms with Crippen LogP contribution in [0, 0.1) is 0 Å². The lowest BCUT2D eigenvalue weighted by Crippen LogP contribution is -2.09. The van der Waals surface area contributed by atoms with Crippen LogP contribution in [0.2, 0.25) is 0 Å². The van der Waals surface area contributed by atoms with E-state index < -0.39 is 11.9 Å². The van der Waals surface area contributed by atoms with Crippen molar-refractivity contribution in [1.29, 1.82) is 0 Å². The highest BCUT2D eigenvalue weighted by atomic mass is 16.6. The Morgan fingerprint density at radius 2 is 1.72 bits per heavy atom. The lowest BCUT2D eigenvalue weighted by molar-refractivity contribution is -0.134. The average Bonchev–Trinajstić information content (AvgIpc) is 2.66. The first kappa shape index (κ1) is 18.3. The fourth-order valence-electron chi connectivity index (χ4n) is 2.14. The smallest absolute Gasteiger partial charge is 0.343 e. The van der Waals surface area contributed by atoms with E-state index in [1.165, 1.54) is 20.3 Å². The zero-order valence-electron chi connectivity index (χ0n) is 14.4. The number of hydrogen-bond acceptors (Lipinski definition) is 5. The van der Waals surface area contributed by atoms with E-state index in [9.17, 15) is 9.59 Å². The predicted molar refractivity (Wildman–Crippen MR) is 94.8 cm³/mol. The van der Waals surface area contributed by atoms with E-state index in [4.69, 9.17) is 9.47 Å². The van der Waals surface area contributed by atoms with Gasteiger partial charge in [0.15, 0.2) is 11.5 Å². The van der Waals surface area contributed by atoms with Gasteiger partial charge in [-0.25, -0.2) is 9.59 Å². The number of carbonyl (C=O) groups is 2. The normalized spacial score (nSPS) is 10.5. The van der Waals surface area contributed by atoms with Crippen LogP contribution in [0.3, 0.4) is 0 Å². The zero-order valence-corrected chi connectivity index (χ0v) is 14.4. The molecule has 130 valence electrons. The Kier molecular flexibility index (Phi) is 6.34. The van der Waals surface area contributed by atoms with Crippen molar-refractivity contribution in [3.05, 3.63) is 65.2 Å². The molecule has 0 heterocycles. The highest BCUT2D eigenvalue weighted by Gasteiger charge is 2.12. The van der Waals surface area contributed by atoms with E-state index in [1.54, 1.807) is 36.4 Å². The SMILES string of the molecule is CCc1ccc(C(=O)Oc2ccc(/C=C/C(=O)OC)cc2OC)cc1. The van der Waals surface area contributed by atoms with E-state index in [2.05, 4.69) is 4.74 Å². The van der Waals surface area contributed by atoms with Crippen LogP contribution in [0.5, 0.6) is 11.5 Å². The average molecular weight is 340 g/mol. The highest BCUT2D eigenvalue weighted by molar-refractivity contribution is 5.91. The van der Waals surface area contributed by atoms with E-state index >= 15 is 0 Å². The molecule has 0 aliphatic heterocycles. The number of rotatable bonds is 6. The first-order valence-corrected chi connectivity index (χ1v) is 7.82. The number of esters is 2. The molecule has 0 unspecified atom stereocenters. The van der Waals surface area contributed by atoms with Crippen LogP contribution in [0.4, 0.5) is 0 Å². The van der Waals surface area contributed by atoms with Crippen LogP contribution < -0.4 is 9.47 Å². The molecule has 2 rings (SSSR count). The molecule has 0 spiro atoms. The first-order valence-electron chi connectivity index (χ1n) is 7.82. The number of aryl methyl sites for hydroxylation is 1. The number of methoxy groups -OCH3 is 2. The second kappa shape index (κ2) is 8.68. The summed E-state index contributed by atoms with van der Waals surface area (Å²) in [6.45, 7) is 2.05. The maximum absolute atomic E-state index is 12.3. The van der Waals surface area contributed by atoms with Crippen molar-refractivity contribution in [3.8, 4) is 11.5 Å². The predicted octanol–water partition coefficient (Wildman–Crippen LogP) is 3.66. The first-order chi connectivity index (χ1) is 12.1. The Balaban J connectivity index is 2.16. The summed E-state index contributed by atoms with van der Waals surface area (Å²) in [5.41, 5.74) is 2.33. The van der Waals surface area contributed by atoms with Gasteiger partial charge in [-0.2, -0.15) is 0 Å². The molecule has 5 heteroatoms. The summed E-state index contributed by atoms with van der Waals surface area (Å²) >= 11 is 0. The monoisotopic (exact) mass is 340 g/mol. The van der Waals surface area contributed by atoms with Crippen LogP contribution in [-0.4, -0.2) is 26.2 Å². The molecule has 2 aromatic carbocycles. The van der Waals surface area contributed by atoms with Gasteiger partial charge in [0.1, 0.15) is 0 Å². The standard InChI is InChI=1S/C20H20O5/c1-4-14-5-9-16(10-6-14)20(22)25-17-11-7-15(13-18(17)23-2)8-12-19(21)24-3/h5-13H,4H2,1-3H3/b12-8+. The van der Waals surface area contributed by atoms with Gasteiger partial charge >= 0.3 is 11.9 Å². The third-order valence-corrected chi connectivity index (χ3v) is 3.60. The lowest BCUT2D eigenvalue weighted by Gasteiger charge is -2.10. The molecule has 25 heavy (non-hydrogen) atoms. The van der Waals surface area contributed by atoms with Gasteiger partial charge in [0.2, 0.25) is 0 Å². The van der Waals surface area contributed by atoms with Gasteiger partial charge in [-0.3, -0.25) is 0 Å². The van der Waals surface area contributed by atoms with Crippen molar-refractivity contribution >= 4 is 18.0 Å². The van der Waals surface area contributed by atoms with Gasteiger partial charge in [0.25, 0.3) is 0 Å². The Labute approximate surface area is 146 Å². The van der Waals surface area contributed by atoms with Gasteiger partial charge in [0.05, 0.1) is 19.8 Å². The number of hydrogen-bond donors (Lipinski definition) is 0. The van der Waals surface area contributed by atoms with Gasteiger partial charge in [-0.1, -0.05) is 25.1 Å². The zero-order chi connectivity index (χ0) is 18.2. The molecule has 0 aliphatic rings. The van der Waals surface area contributed by atoms with Crippen molar-refractivity contribution in [2.75, 3.05) is 14.2 Å². The summed E-state index contributed by atoms with van der Waals surface area (Å²) in [5.74, 6) is -0.211. The summed E-state index contributed by atoms with van der Waals surface area (Å²) < 4.78 is 15.2. The Morgan fingerprint density at radius 3 is 2.32 bits per heavy atom. The molecule has 2 aromatic rings. The Bertz CT molecular complexity index is 775. The second-order valence-corrected chi connectivity index (χ2v) is 5.21. The van der Waals surface area contributed by atoms with E-state index in [0.29, 0.717) is 22.6 Å². The topological polar surface area (TPSA) is 61.8 Å². The number of benzene rings is 2. The molecule has 0 amide bonds. The summed E-state index contributed by atoms with van der Waals surface area (Å²) in [7, 11) is 2.79. The molecule has 0 saturated carbocycles. The highest BCUT2D eigenvalue weighted by Crippen LogP contribution is 2.29. The van der Waals surface area contributed by atoms with E-state index in [1.807, 2.05) is 19.1 Å². The van der Waals surface area contributed by atoms with Crippen molar-refractivity contribution in [2.45, 2.75) is 13.3 Å². The molecular formula is C20H20O5. The van der Waals surface area contributed by atoms with E-state index in [-0.39, 0.29) is 0 Å². The molecule has 5 nitrogen and oxygen atoms in total. The largest absolute Gasteiger partial charge is 0.493 e. The van der Waals surface area contributed by atoms with Crippen LogP contribution in [0.15, 0.2) is 48.5 Å². The molecule has 0 N–H and O–H groups in total. The molecule has 0 atom stereocenters. The molecule has 0 aliphatic carbocycles. The lowest BCUT2D eigenvalue weighted by atomic mass is 10.1. The third kappa shape index (κ3) is 4.94.